The highest BCUT2D eigenvalue weighted by molar-refractivity contribution is 5.85. The summed E-state index contributed by atoms with van der Waals surface area (Å²) in [7, 11) is 0. The maximum atomic E-state index is 8.67. The molecule has 0 atom stereocenters. The molecule has 0 aliphatic heterocycles. The smallest absolute Gasteiger partial charge is 0.144 e. The predicted octanol–water partition coefficient (Wildman–Crippen LogP) is 2.57. The summed E-state index contributed by atoms with van der Waals surface area (Å²) in [5, 5.41) is 15.1. The van der Waals surface area contributed by atoms with Crippen molar-refractivity contribution in [3.05, 3.63) is 29.8 Å². The maximum Gasteiger partial charge on any atom is 0.144 e. The molecule has 0 saturated carbocycles. The largest absolute Gasteiger partial charge is 0.409 e. The molecule has 0 fully saturated rings. The van der Waals surface area contributed by atoms with Gasteiger partial charge in [0.25, 0.3) is 0 Å². The molecule has 0 amide bonds. The summed E-state index contributed by atoms with van der Waals surface area (Å²) in [4.78, 5) is 0. The third-order valence-corrected chi connectivity index (χ3v) is 3.01. The number of benzene rings is 1. The van der Waals surface area contributed by atoms with E-state index in [0.717, 1.165) is 18.7 Å². The van der Waals surface area contributed by atoms with Gasteiger partial charge in [-0.1, -0.05) is 37.2 Å². The first-order valence-electron chi connectivity index (χ1n) is 5.75. The highest BCUT2D eigenvalue weighted by atomic mass is 16.4. The zero-order valence-corrected chi connectivity index (χ0v) is 10.7. The second-order valence-corrected chi connectivity index (χ2v) is 4.86. The van der Waals surface area contributed by atoms with Crippen molar-refractivity contribution in [3.8, 4) is 0 Å². The summed E-state index contributed by atoms with van der Waals surface area (Å²) in [6.45, 7) is 6.77. The van der Waals surface area contributed by atoms with Crippen LogP contribution in [0.3, 0.4) is 0 Å². The molecule has 0 radical (unpaired) electrons. The lowest BCUT2D eigenvalue weighted by Gasteiger charge is -2.23. The van der Waals surface area contributed by atoms with Crippen molar-refractivity contribution in [1.29, 1.82) is 0 Å². The molecule has 1 aromatic carbocycles. The molecule has 1 aromatic rings. The van der Waals surface area contributed by atoms with Crippen molar-refractivity contribution >= 4 is 11.5 Å². The zero-order chi connectivity index (χ0) is 12.9. The number of hydrogen-bond donors (Lipinski definition) is 3. The molecule has 0 aromatic heterocycles. The number of para-hydroxylation sites is 1. The van der Waals surface area contributed by atoms with Crippen LogP contribution in [0.2, 0.25) is 0 Å². The minimum Gasteiger partial charge on any atom is -0.409 e. The summed E-state index contributed by atoms with van der Waals surface area (Å²) < 4.78 is 0. The number of nitrogens with zero attached hydrogens (tertiary/aromatic N) is 1. The number of nitrogens with one attached hydrogen (secondary N) is 1. The van der Waals surface area contributed by atoms with Gasteiger partial charge in [0.2, 0.25) is 0 Å². The summed E-state index contributed by atoms with van der Waals surface area (Å²) in [6, 6.07) is 8.13. The van der Waals surface area contributed by atoms with E-state index in [2.05, 4.69) is 23.5 Å². The molecule has 1 rings (SSSR count). The van der Waals surface area contributed by atoms with Gasteiger partial charge in [-0.3, -0.25) is 0 Å². The Kier molecular flexibility index (Phi) is 4.37. The first-order valence-corrected chi connectivity index (χ1v) is 5.75. The Labute approximate surface area is 103 Å². The number of rotatable bonds is 5. The quantitative estimate of drug-likeness (QED) is 0.318. The summed E-state index contributed by atoms with van der Waals surface area (Å²) in [6.07, 6.45) is 0.803. The molecule has 17 heavy (non-hydrogen) atoms. The van der Waals surface area contributed by atoms with E-state index in [4.69, 9.17) is 10.9 Å². The zero-order valence-electron chi connectivity index (χ0n) is 10.7. The summed E-state index contributed by atoms with van der Waals surface area (Å²) >= 11 is 0. The fourth-order valence-electron chi connectivity index (χ4n) is 1.54. The topological polar surface area (TPSA) is 70.6 Å². The van der Waals surface area contributed by atoms with Gasteiger partial charge in [0.1, 0.15) is 5.84 Å². The lowest BCUT2D eigenvalue weighted by atomic mass is 9.88. The van der Waals surface area contributed by atoms with Gasteiger partial charge >= 0.3 is 0 Å². The number of nitrogens with two attached hydrogens (primary N) is 1. The Morgan fingerprint density at radius 2 is 2.06 bits per heavy atom. The molecular weight excluding hydrogens is 214 g/mol. The van der Waals surface area contributed by atoms with E-state index in [-0.39, 0.29) is 11.3 Å². The van der Waals surface area contributed by atoms with E-state index in [1.165, 1.54) is 5.56 Å². The van der Waals surface area contributed by atoms with Gasteiger partial charge in [-0.2, -0.15) is 0 Å². The Hall–Kier alpha value is -1.71. The predicted molar refractivity (Wildman–Crippen MR) is 71.5 cm³/mol. The molecule has 4 N–H and O–H groups in total. The van der Waals surface area contributed by atoms with Gasteiger partial charge in [0.15, 0.2) is 0 Å². The molecule has 4 nitrogen and oxygen atoms in total. The molecule has 0 aliphatic carbocycles. The van der Waals surface area contributed by atoms with Gasteiger partial charge in [-0.25, -0.2) is 0 Å². The lowest BCUT2D eigenvalue weighted by Crippen LogP contribution is -2.33. The van der Waals surface area contributed by atoms with Crippen LogP contribution in [0.15, 0.2) is 29.4 Å². The second kappa shape index (κ2) is 5.57. The van der Waals surface area contributed by atoms with E-state index in [1.807, 2.05) is 32.0 Å². The molecule has 0 heterocycles. The Morgan fingerprint density at radius 3 is 2.65 bits per heavy atom. The highest BCUT2D eigenvalue weighted by Gasteiger charge is 2.22. The molecule has 0 bridgehead atoms. The van der Waals surface area contributed by atoms with Gasteiger partial charge in [0, 0.05) is 17.6 Å². The van der Waals surface area contributed by atoms with Crippen LogP contribution in [0, 0.1) is 12.3 Å². The van der Waals surface area contributed by atoms with Crippen molar-refractivity contribution in [2.45, 2.75) is 27.2 Å². The fourth-order valence-corrected chi connectivity index (χ4v) is 1.54. The van der Waals surface area contributed by atoms with Crippen LogP contribution in [-0.2, 0) is 0 Å². The number of amidine groups is 1. The summed E-state index contributed by atoms with van der Waals surface area (Å²) in [5.41, 5.74) is 7.68. The van der Waals surface area contributed by atoms with Crippen LogP contribution >= 0.6 is 0 Å². The standard InChI is InChI=1S/C13H21N3O/c1-10-6-4-5-7-11(10)15-9-8-13(2,3)12(14)16-17/h4-7,15,17H,8-9H2,1-3H3,(H2,14,16). The molecule has 0 aliphatic rings. The molecule has 0 saturated heterocycles. The van der Waals surface area contributed by atoms with Crippen molar-refractivity contribution in [2.24, 2.45) is 16.3 Å². The normalized spacial score (nSPS) is 12.5. The van der Waals surface area contributed by atoms with Gasteiger partial charge in [0.05, 0.1) is 0 Å². The van der Waals surface area contributed by atoms with E-state index < -0.39 is 0 Å². The van der Waals surface area contributed by atoms with Crippen LogP contribution in [0.1, 0.15) is 25.8 Å². The Balaban J connectivity index is 2.51. The average molecular weight is 235 g/mol. The third kappa shape index (κ3) is 3.66. The van der Waals surface area contributed by atoms with Crippen LogP contribution < -0.4 is 11.1 Å². The minimum absolute atomic E-state index is 0.268. The third-order valence-electron chi connectivity index (χ3n) is 3.01. The first kappa shape index (κ1) is 13.4. The van der Waals surface area contributed by atoms with E-state index in [1.54, 1.807) is 0 Å². The first-order chi connectivity index (χ1) is 7.97. The number of aryl methyl sites for hydroxylation is 1. The fraction of sp³-hybridized carbons (Fsp3) is 0.462. The molecular formula is C13H21N3O. The van der Waals surface area contributed by atoms with E-state index in [9.17, 15) is 0 Å². The van der Waals surface area contributed by atoms with Crippen molar-refractivity contribution in [3.63, 3.8) is 0 Å². The van der Waals surface area contributed by atoms with Gasteiger partial charge in [-0.05, 0) is 25.0 Å². The molecule has 4 heteroatoms. The van der Waals surface area contributed by atoms with Crippen LogP contribution in [-0.4, -0.2) is 17.6 Å². The highest BCUT2D eigenvalue weighted by Crippen LogP contribution is 2.21. The second-order valence-electron chi connectivity index (χ2n) is 4.86. The summed E-state index contributed by atoms with van der Waals surface area (Å²) in [5.74, 6) is 0.268. The van der Waals surface area contributed by atoms with E-state index in [0.29, 0.717) is 0 Å². The number of anilines is 1. The SMILES string of the molecule is Cc1ccccc1NCCC(C)(C)C(N)=NO. The maximum absolute atomic E-state index is 8.67. The van der Waals surface area contributed by atoms with E-state index >= 15 is 0 Å². The average Bonchev–Trinajstić information content (AvgIpc) is 2.30. The van der Waals surface area contributed by atoms with Crippen molar-refractivity contribution in [1.82, 2.24) is 0 Å². The van der Waals surface area contributed by atoms with Crippen LogP contribution in [0.5, 0.6) is 0 Å². The molecule has 94 valence electrons. The Morgan fingerprint density at radius 1 is 1.41 bits per heavy atom. The van der Waals surface area contributed by atoms with Crippen LogP contribution in [0.25, 0.3) is 0 Å². The number of hydrogen-bond acceptors (Lipinski definition) is 3. The number of oxime groups is 1. The van der Waals surface area contributed by atoms with Gasteiger partial charge in [-0.15, -0.1) is 0 Å². The minimum atomic E-state index is -0.301. The van der Waals surface area contributed by atoms with Crippen molar-refractivity contribution in [2.75, 3.05) is 11.9 Å². The Bertz CT molecular complexity index is 399. The monoisotopic (exact) mass is 235 g/mol. The molecule has 0 spiro atoms. The van der Waals surface area contributed by atoms with Gasteiger partial charge < -0.3 is 16.3 Å². The molecule has 0 unspecified atom stereocenters. The van der Waals surface area contributed by atoms with Crippen LogP contribution in [0.4, 0.5) is 5.69 Å². The lowest BCUT2D eigenvalue weighted by molar-refractivity contribution is 0.306. The van der Waals surface area contributed by atoms with Crippen molar-refractivity contribution < 1.29 is 5.21 Å².